The molecule has 2 aliphatic rings. The highest BCUT2D eigenvalue weighted by Gasteiger charge is 2.46. The predicted octanol–water partition coefficient (Wildman–Crippen LogP) is 3.11. The molecule has 2 saturated heterocycles. The second-order valence-electron chi connectivity index (χ2n) is 8.07. The van der Waals surface area contributed by atoms with Gasteiger partial charge in [-0.2, -0.15) is 0 Å². The predicted molar refractivity (Wildman–Crippen MR) is 127 cm³/mol. The molecule has 0 aromatic heterocycles. The lowest BCUT2D eigenvalue weighted by atomic mass is 9.95. The largest absolute Gasteiger partial charge is 0.507 e. The number of hydrogen-bond acceptors (Lipinski definition) is 7. The lowest BCUT2D eigenvalue weighted by molar-refractivity contribution is -0.140. The van der Waals surface area contributed by atoms with Gasteiger partial charge in [0, 0.05) is 31.7 Å². The van der Waals surface area contributed by atoms with Gasteiger partial charge < -0.3 is 24.2 Å². The highest BCUT2D eigenvalue weighted by atomic mass is 35.5. The third-order valence-corrected chi connectivity index (χ3v) is 6.43. The van der Waals surface area contributed by atoms with Gasteiger partial charge in [-0.3, -0.25) is 14.5 Å². The second-order valence-corrected chi connectivity index (χ2v) is 8.48. The van der Waals surface area contributed by atoms with E-state index < -0.39 is 17.7 Å². The summed E-state index contributed by atoms with van der Waals surface area (Å²) < 4.78 is 15.9. The fraction of sp³-hybridized carbons (Fsp3) is 0.360. The van der Waals surface area contributed by atoms with Gasteiger partial charge in [-0.25, -0.2) is 0 Å². The van der Waals surface area contributed by atoms with Crippen LogP contribution < -0.4 is 9.47 Å². The van der Waals surface area contributed by atoms with E-state index >= 15 is 0 Å². The molecule has 9 heteroatoms. The number of ketones is 1. The molecule has 1 N–H and O–H groups in total. The molecule has 2 aromatic carbocycles. The van der Waals surface area contributed by atoms with E-state index in [4.69, 9.17) is 25.8 Å². The lowest BCUT2D eigenvalue weighted by Gasteiger charge is -2.31. The van der Waals surface area contributed by atoms with Gasteiger partial charge in [0.15, 0.2) is 0 Å². The molecule has 180 valence electrons. The van der Waals surface area contributed by atoms with Gasteiger partial charge in [0.2, 0.25) is 0 Å². The second kappa shape index (κ2) is 10.5. The van der Waals surface area contributed by atoms with Crippen LogP contribution in [0.4, 0.5) is 0 Å². The molecule has 4 rings (SSSR count). The van der Waals surface area contributed by atoms with Crippen molar-refractivity contribution in [1.82, 2.24) is 9.80 Å². The summed E-state index contributed by atoms with van der Waals surface area (Å²) >= 11 is 6.25. The molecule has 1 amide bonds. The van der Waals surface area contributed by atoms with Crippen LogP contribution in [0, 0.1) is 0 Å². The molecule has 1 atom stereocenters. The Balaban J connectivity index is 1.76. The first-order valence-electron chi connectivity index (χ1n) is 11.0. The quantitative estimate of drug-likeness (QED) is 0.365. The number of carbonyl (C=O) groups is 2. The molecule has 8 nitrogen and oxygen atoms in total. The van der Waals surface area contributed by atoms with Gasteiger partial charge in [0.1, 0.15) is 17.3 Å². The standard InChI is InChI=1S/C25H27ClN2O6/c1-32-18-5-3-4-16(14-18)22-21(23(29)17-6-7-20(33-2)19(26)15-17)24(30)25(31)28(22)9-8-27-10-12-34-13-11-27/h3-7,14-15,22,29H,8-13H2,1-2H3/t22-/m1/s1. The summed E-state index contributed by atoms with van der Waals surface area (Å²) in [4.78, 5) is 30.0. The van der Waals surface area contributed by atoms with E-state index in [1.807, 2.05) is 6.07 Å². The maximum Gasteiger partial charge on any atom is 0.295 e. The molecular weight excluding hydrogens is 460 g/mol. The van der Waals surface area contributed by atoms with Gasteiger partial charge >= 0.3 is 0 Å². The van der Waals surface area contributed by atoms with Crippen LogP contribution in [0.1, 0.15) is 17.2 Å². The number of carbonyl (C=O) groups excluding carboxylic acids is 2. The number of ether oxygens (including phenoxy) is 3. The van der Waals surface area contributed by atoms with E-state index in [9.17, 15) is 14.7 Å². The zero-order chi connectivity index (χ0) is 24.2. The first-order chi connectivity index (χ1) is 16.4. The van der Waals surface area contributed by atoms with Gasteiger partial charge in [0.05, 0.1) is 44.1 Å². The van der Waals surface area contributed by atoms with Crippen LogP contribution in [0.15, 0.2) is 48.0 Å². The van der Waals surface area contributed by atoms with Crippen LogP contribution >= 0.6 is 11.6 Å². The smallest absolute Gasteiger partial charge is 0.295 e. The number of morpholine rings is 1. The SMILES string of the molecule is COc1cccc([C@@H]2C(=C(O)c3ccc(OC)c(Cl)c3)C(=O)C(=O)N2CCN2CCOCC2)c1. The number of amides is 1. The van der Waals surface area contributed by atoms with E-state index in [-0.39, 0.29) is 16.4 Å². The number of rotatable bonds is 7. The average Bonchev–Trinajstić information content (AvgIpc) is 3.12. The maximum atomic E-state index is 13.2. The molecule has 0 bridgehead atoms. The van der Waals surface area contributed by atoms with Gasteiger partial charge in [-0.05, 0) is 35.9 Å². The van der Waals surface area contributed by atoms with Crippen LogP contribution in [0.5, 0.6) is 11.5 Å². The van der Waals surface area contributed by atoms with E-state index in [0.29, 0.717) is 48.9 Å². The zero-order valence-electron chi connectivity index (χ0n) is 19.1. The Hall–Kier alpha value is -3.07. The molecule has 0 spiro atoms. The Kier molecular flexibility index (Phi) is 7.41. The summed E-state index contributed by atoms with van der Waals surface area (Å²) in [6.45, 7) is 3.71. The average molecular weight is 487 g/mol. The van der Waals surface area contributed by atoms with Gasteiger partial charge in [-0.15, -0.1) is 0 Å². The summed E-state index contributed by atoms with van der Waals surface area (Å²) in [5, 5.41) is 11.5. The van der Waals surface area contributed by atoms with Crippen molar-refractivity contribution in [2.75, 3.05) is 53.6 Å². The first-order valence-corrected chi connectivity index (χ1v) is 11.4. The Morgan fingerprint density at radius 1 is 1.09 bits per heavy atom. The van der Waals surface area contributed by atoms with Crippen molar-refractivity contribution in [1.29, 1.82) is 0 Å². The van der Waals surface area contributed by atoms with E-state index in [2.05, 4.69) is 4.90 Å². The Morgan fingerprint density at radius 2 is 1.85 bits per heavy atom. The molecule has 0 radical (unpaired) electrons. The van der Waals surface area contributed by atoms with Crippen LogP contribution in [-0.4, -0.2) is 80.2 Å². The van der Waals surface area contributed by atoms with Crippen molar-refractivity contribution >= 4 is 29.1 Å². The highest BCUT2D eigenvalue weighted by molar-refractivity contribution is 6.46. The van der Waals surface area contributed by atoms with Crippen molar-refractivity contribution in [2.24, 2.45) is 0 Å². The van der Waals surface area contributed by atoms with Crippen molar-refractivity contribution in [2.45, 2.75) is 6.04 Å². The van der Waals surface area contributed by atoms with Crippen LogP contribution in [0.3, 0.4) is 0 Å². The molecule has 2 aliphatic heterocycles. The normalized spacial score (nSPS) is 20.6. The Bertz CT molecular complexity index is 1110. The highest BCUT2D eigenvalue weighted by Crippen LogP contribution is 2.41. The molecular formula is C25H27ClN2O6. The summed E-state index contributed by atoms with van der Waals surface area (Å²) in [6.07, 6.45) is 0. The van der Waals surface area contributed by atoms with Crippen molar-refractivity contribution in [3.8, 4) is 11.5 Å². The minimum absolute atomic E-state index is 0.0152. The number of hydrogen-bond donors (Lipinski definition) is 1. The minimum Gasteiger partial charge on any atom is -0.507 e. The van der Waals surface area contributed by atoms with Gasteiger partial charge in [-0.1, -0.05) is 23.7 Å². The number of likely N-dealkylation sites (tertiary alicyclic amines) is 1. The van der Waals surface area contributed by atoms with E-state index in [0.717, 1.165) is 13.1 Å². The molecule has 34 heavy (non-hydrogen) atoms. The van der Waals surface area contributed by atoms with Crippen LogP contribution in [0.25, 0.3) is 5.76 Å². The van der Waals surface area contributed by atoms with E-state index in [1.165, 1.54) is 18.1 Å². The number of benzene rings is 2. The molecule has 0 saturated carbocycles. The van der Waals surface area contributed by atoms with Crippen molar-refractivity contribution in [3.05, 3.63) is 64.2 Å². The third kappa shape index (κ3) is 4.75. The number of methoxy groups -OCH3 is 2. The monoisotopic (exact) mass is 486 g/mol. The molecule has 0 unspecified atom stereocenters. The number of halogens is 1. The number of aliphatic hydroxyl groups excluding tert-OH is 1. The molecule has 2 fully saturated rings. The molecule has 0 aliphatic carbocycles. The van der Waals surface area contributed by atoms with Crippen molar-refractivity contribution in [3.63, 3.8) is 0 Å². The van der Waals surface area contributed by atoms with Crippen LogP contribution in [0.2, 0.25) is 5.02 Å². The van der Waals surface area contributed by atoms with Crippen molar-refractivity contribution < 1.29 is 28.9 Å². The fourth-order valence-electron chi connectivity index (χ4n) is 4.31. The summed E-state index contributed by atoms with van der Waals surface area (Å²) in [7, 11) is 3.04. The summed E-state index contributed by atoms with van der Waals surface area (Å²) in [5.74, 6) is -0.650. The topological polar surface area (TPSA) is 88.5 Å². The number of Topliss-reactive ketones (excluding diaryl/α,β-unsaturated/α-hetero) is 1. The zero-order valence-corrected chi connectivity index (χ0v) is 19.9. The first kappa shape index (κ1) is 24.1. The summed E-state index contributed by atoms with van der Waals surface area (Å²) in [5.41, 5.74) is 1.01. The molecule has 2 heterocycles. The maximum absolute atomic E-state index is 13.2. The van der Waals surface area contributed by atoms with Gasteiger partial charge in [0.25, 0.3) is 11.7 Å². The Morgan fingerprint density at radius 3 is 2.53 bits per heavy atom. The third-order valence-electron chi connectivity index (χ3n) is 6.14. The van der Waals surface area contributed by atoms with E-state index in [1.54, 1.807) is 37.4 Å². The minimum atomic E-state index is -0.767. The van der Waals surface area contributed by atoms with Crippen LogP contribution in [-0.2, 0) is 14.3 Å². The molecule has 2 aromatic rings. The summed E-state index contributed by atoms with van der Waals surface area (Å²) in [6, 6.07) is 11.1. The number of aliphatic hydroxyl groups is 1. The Labute approximate surface area is 203 Å². The fourth-order valence-corrected chi connectivity index (χ4v) is 4.57. The number of nitrogens with zero attached hydrogens (tertiary/aromatic N) is 2. The lowest BCUT2D eigenvalue weighted by Crippen LogP contribution is -2.42.